The summed E-state index contributed by atoms with van der Waals surface area (Å²) in [5, 5.41) is 2.85. The Morgan fingerprint density at radius 3 is 2.00 bits per heavy atom. The number of rotatable bonds is 3. The maximum atomic E-state index is 13.0. The third-order valence-corrected chi connectivity index (χ3v) is 5.47. The van der Waals surface area contributed by atoms with Crippen molar-refractivity contribution in [3.05, 3.63) is 76.7 Å². The van der Waals surface area contributed by atoms with Gasteiger partial charge < -0.3 is 15.1 Å². The minimum absolute atomic E-state index is 0.229. The van der Waals surface area contributed by atoms with Crippen molar-refractivity contribution in [2.45, 2.75) is 6.92 Å². The smallest absolute Gasteiger partial charge is 0.322 e. The van der Waals surface area contributed by atoms with Gasteiger partial charge in [-0.25, -0.2) is 9.48 Å². The summed E-state index contributed by atoms with van der Waals surface area (Å²) < 4.78 is 3.33. The molecule has 7 nitrogen and oxygen atoms in total. The van der Waals surface area contributed by atoms with Crippen LogP contribution in [0.25, 0.3) is 5.69 Å². The van der Waals surface area contributed by atoms with E-state index in [-0.39, 0.29) is 11.6 Å². The summed E-state index contributed by atoms with van der Waals surface area (Å²) in [5.74, 6) is 0. The van der Waals surface area contributed by atoms with E-state index in [2.05, 4.69) is 22.3 Å². The van der Waals surface area contributed by atoms with Crippen LogP contribution in [0.2, 0.25) is 0 Å². The second-order valence-electron chi connectivity index (χ2n) is 7.18. The molecule has 1 aliphatic heterocycles. The fourth-order valence-electron chi connectivity index (χ4n) is 3.70. The van der Waals surface area contributed by atoms with Crippen molar-refractivity contribution in [3.8, 4) is 5.69 Å². The normalized spacial score (nSPS) is 14.1. The first-order chi connectivity index (χ1) is 14.1. The Bertz CT molecular complexity index is 1050. The Hall–Kier alpha value is -3.48. The summed E-state index contributed by atoms with van der Waals surface area (Å²) in [6.07, 6.45) is 0. The van der Waals surface area contributed by atoms with Crippen LogP contribution in [0.5, 0.6) is 0 Å². The fraction of sp³-hybridized carbons (Fsp3) is 0.273. The van der Waals surface area contributed by atoms with Crippen molar-refractivity contribution in [3.63, 3.8) is 0 Å². The molecule has 29 heavy (non-hydrogen) atoms. The van der Waals surface area contributed by atoms with Gasteiger partial charge in [-0.1, -0.05) is 36.4 Å². The topological polar surface area (TPSA) is 62.5 Å². The number of benzene rings is 2. The summed E-state index contributed by atoms with van der Waals surface area (Å²) in [7, 11) is 1.82. The molecule has 4 rings (SSSR count). The van der Waals surface area contributed by atoms with Crippen LogP contribution < -0.4 is 15.8 Å². The number of anilines is 2. The van der Waals surface area contributed by atoms with E-state index in [1.807, 2.05) is 62.5 Å². The zero-order valence-corrected chi connectivity index (χ0v) is 16.7. The average molecular weight is 391 g/mol. The van der Waals surface area contributed by atoms with Crippen LogP contribution in [0.15, 0.2) is 65.5 Å². The first-order valence-corrected chi connectivity index (χ1v) is 9.76. The van der Waals surface area contributed by atoms with Gasteiger partial charge in [0, 0.05) is 38.9 Å². The van der Waals surface area contributed by atoms with Crippen molar-refractivity contribution in [1.29, 1.82) is 0 Å². The van der Waals surface area contributed by atoms with Gasteiger partial charge in [-0.05, 0) is 31.2 Å². The molecule has 1 aliphatic rings. The number of piperazine rings is 1. The fourth-order valence-corrected chi connectivity index (χ4v) is 3.70. The number of hydrogen-bond acceptors (Lipinski definition) is 3. The number of para-hydroxylation sites is 2. The van der Waals surface area contributed by atoms with E-state index in [9.17, 15) is 9.59 Å². The molecule has 0 saturated carbocycles. The quantitative estimate of drug-likeness (QED) is 0.747. The van der Waals surface area contributed by atoms with Gasteiger partial charge >= 0.3 is 6.03 Å². The summed E-state index contributed by atoms with van der Waals surface area (Å²) in [6.45, 7) is 4.58. The van der Waals surface area contributed by atoms with Crippen molar-refractivity contribution in [1.82, 2.24) is 14.3 Å². The highest BCUT2D eigenvalue weighted by Gasteiger charge is 2.24. The standard InChI is InChI=1S/C22H25N5O2/c1-17-20(21(28)27(24(17)2)19-11-7-4-8-12-19)23-22(29)26-15-13-25(14-16-26)18-9-5-3-6-10-18/h3-12H,13-16H2,1-2H3,(H,23,29). The number of carbonyl (C=O) groups excluding carboxylic acids is 1. The summed E-state index contributed by atoms with van der Waals surface area (Å²) >= 11 is 0. The number of hydrogen-bond donors (Lipinski definition) is 1. The molecular formula is C22H25N5O2. The predicted molar refractivity (Wildman–Crippen MR) is 115 cm³/mol. The van der Waals surface area contributed by atoms with Gasteiger partial charge in [-0.15, -0.1) is 0 Å². The molecule has 2 aromatic carbocycles. The van der Waals surface area contributed by atoms with Gasteiger partial charge in [0.1, 0.15) is 5.69 Å². The van der Waals surface area contributed by atoms with Crippen LogP contribution in [-0.2, 0) is 7.05 Å². The van der Waals surface area contributed by atoms with E-state index >= 15 is 0 Å². The Morgan fingerprint density at radius 1 is 0.862 bits per heavy atom. The van der Waals surface area contributed by atoms with E-state index in [1.54, 1.807) is 14.3 Å². The molecule has 0 radical (unpaired) electrons. The highest BCUT2D eigenvalue weighted by molar-refractivity contribution is 5.90. The minimum atomic E-state index is -0.233. The highest BCUT2D eigenvalue weighted by Crippen LogP contribution is 2.17. The molecule has 0 unspecified atom stereocenters. The van der Waals surface area contributed by atoms with Gasteiger partial charge in [0.15, 0.2) is 0 Å². The maximum Gasteiger partial charge on any atom is 0.322 e. The summed E-state index contributed by atoms with van der Waals surface area (Å²) in [4.78, 5) is 29.8. The number of nitrogens with one attached hydrogen (secondary N) is 1. The molecule has 0 spiro atoms. The maximum absolute atomic E-state index is 13.0. The van der Waals surface area contributed by atoms with Crippen LogP contribution in [-0.4, -0.2) is 46.5 Å². The third-order valence-electron chi connectivity index (χ3n) is 5.47. The molecule has 0 aliphatic carbocycles. The van der Waals surface area contributed by atoms with Crippen LogP contribution in [0.3, 0.4) is 0 Å². The molecule has 1 saturated heterocycles. The summed E-state index contributed by atoms with van der Waals surface area (Å²) in [5.41, 5.74) is 2.74. The van der Waals surface area contributed by atoms with Crippen LogP contribution in [0.4, 0.5) is 16.2 Å². The van der Waals surface area contributed by atoms with Gasteiger partial charge in [0.2, 0.25) is 0 Å². The van der Waals surface area contributed by atoms with Crippen molar-refractivity contribution in [2.24, 2.45) is 7.05 Å². The third kappa shape index (κ3) is 3.63. The van der Waals surface area contributed by atoms with Gasteiger partial charge in [-0.3, -0.25) is 9.48 Å². The summed E-state index contributed by atoms with van der Waals surface area (Å²) in [6, 6.07) is 19.4. The van der Waals surface area contributed by atoms with Crippen molar-refractivity contribution >= 4 is 17.4 Å². The number of amides is 2. The van der Waals surface area contributed by atoms with E-state index in [1.165, 1.54) is 0 Å². The molecular weight excluding hydrogens is 366 g/mol. The highest BCUT2D eigenvalue weighted by atomic mass is 16.2. The molecule has 0 atom stereocenters. The van der Waals surface area contributed by atoms with Crippen LogP contribution >= 0.6 is 0 Å². The molecule has 1 fully saturated rings. The monoisotopic (exact) mass is 391 g/mol. The van der Waals surface area contributed by atoms with Crippen molar-refractivity contribution in [2.75, 3.05) is 36.4 Å². The minimum Gasteiger partial charge on any atom is -0.368 e. The lowest BCUT2D eigenvalue weighted by Gasteiger charge is -2.36. The van der Waals surface area contributed by atoms with E-state index < -0.39 is 0 Å². The molecule has 150 valence electrons. The molecule has 0 bridgehead atoms. The Morgan fingerprint density at radius 2 is 1.41 bits per heavy atom. The molecule has 1 N–H and O–H groups in total. The zero-order chi connectivity index (χ0) is 20.4. The number of urea groups is 1. The Labute approximate surface area is 169 Å². The van der Waals surface area contributed by atoms with E-state index in [0.717, 1.165) is 30.2 Å². The first-order valence-electron chi connectivity index (χ1n) is 9.76. The van der Waals surface area contributed by atoms with E-state index in [0.29, 0.717) is 18.8 Å². The Kier molecular flexibility index (Phi) is 5.12. The average Bonchev–Trinajstić information content (AvgIpc) is 2.98. The molecule has 2 amide bonds. The SMILES string of the molecule is Cc1c(NC(=O)N2CCN(c3ccccc3)CC2)c(=O)n(-c2ccccc2)n1C. The Balaban J connectivity index is 1.48. The second-order valence-corrected chi connectivity index (χ2v) is 7.18. The molecule has 1 aromatic heterocycles. The second kappa shape index (κ2) is 7.87. The van der Waals surface area contributed by atoms with Crippen LogP contribution in [0.1, 0.15) is 5.69 Å². The van der Waals surface area contributed by atoms with Gasteiger partial charge in [0.05, 0.1) is 11.4 Å². The van der Waals surface area contributed by atoms with E-state index in [4.69, 9.17) is 0 Å². The lowest BCUT2D eigenvalue weighted by atomic mass is 10.2. The zero-order valence-electron chi connectivity index (χ0n) is 16.7. The molecule has 7 heteroatoms. The molecule has 3 aromatic rings. The number of aromatic nitrogens is 2. The number of nitrogens with zero attached hydrogens (tertiary/aromatic N) is 4. The number of carbonyl (C=O) groups is 1. The van der Waals surface area contributed by atoms with Gasteiger partial charge in [-0.2, -0.15) is 0 Å². The first kappa shape index (κ1) is 18.9. The van der Waals surface area contributed by atoms with Crippen LogP contribution in [0, 0.1) is 6.92 Å². The lowest BCUT2D eigenvalue weighted by Crippen LogP contribution is -2.50. The molecule has 2 heterocycles. The largest absolute Gasteiger partial charge is 0.368 e. The van der Waals surface area contributed by atoms with Gasteiger partial charge in [0.25, 0.3) is 5.56 Å². The lowest BCUT2D eigenvalue weighted by molar-refractivity contribution is 0.208. The van der Waals surface area contributed by atoms with Crippen molar-refractivity contribution < 1.29 is 4.79 Å². The predicted octanol–water partition coefficient (Wildman–Crippen LogP) is 2.84.